The number of esters is 1. The number of nitrogens with one attached hydrogen (secondary N) is 2. The lowest BCUT2D eigenvalue weighted by Gasteiger charge is -2.15. The predicted molar refractivity (Wildman–Crippen MR) is 108 cm³/mol. The molecule has 2 N–H and O–H groups in total. The molecule has 2 aromatic heterocycles. The molecule has 2 atom stereocenters. The zero-order valence-electron chi connectivity index (χ0n) is 16.9. The Morgan fingerprint density at radius 3 is 2.86 bits per heavy atom. The smallest absolute Gasteiger partial charge is 0.356 e. The summed E-state index contributed by atoms with van der Waals surface area (Å²) in [6.07, 6.45) is 4.63. The number of pyridine rings is 1. The number of rotatable bonds is 7. The molecule has 0 unspecified atom stereocenters. The molecule has 1 fully saturated rings. The van der Waals surface area contributed by atoms with Crippen LogP contribution in [0.5, 0.6) is 0 Å². The lowest BCUT2D eigenvalue weighted by molar-refractivity contribution is -0.114. The van der Waals surface area contributed by atoms with Crippen LogP contribution in [-0.2, 0) is 20.8 Å². The predicted octanol–water partition coefficient (Wildman–Crippen LogP) is 3.17. The van der Waals surface area contributed by atoms with Gasteiger partial charge in [-0.2, -0.15) is 0 Å². The van der Waals surface area contributed by atoms with E-state index in [1.165, 1.54) is 14.0 Å². The highest BCUT2D eigenvalue weighted by molar-refractivity contribution is 6.10. The Morgan fingerprint density at radius 2 is 2.25 bits per heavy atom. The topological polar surface area (TPSA) is 94.5 Å². The number of hydrogen-bond acceptors (Lipinski definition) is 6. The van der Waals surface area contributed by atoms with Crippen molar-refractivity contribution in [3.63, 3.8) is 0 Å². The third kappa shape index (κ3) is 4.11. The summed E-state index contributed by atoms with van der Waals surface area (Å²) in [4.78, 5) is 29.1. The summed E-state index contributed by atoms with van der Waals surface area (Å²) in [5.41, 5.74) is 2.16. The lowest BCUT2D eigenvalue weighted by Crippen LogP contribution is -2.21. The van der Waals surface area contributed by atoms with Gasteiger partial charge < -0.3 is 24.7 Å². The van der Waals surface area contributed by atoms with Crippen molar-refractivity contribution < 1.29 is 19.1 Å². The number of fused-ring (bicyclic) bond motifs is 1. The van der Waals surface area contributed by atoms with E-state index >= 15 is 0 Å². The molecule has 2 aromatic rings. The number of carbonyl (C=O) groups is 2. The number of hydrogen-bond donors (Lipinski definition) is 2. The van der Waals surface area contributed by atoms with Crippen molar-refractivity contribution in [3.05, 3.63) is 18.0 Å². The molecule has 8 nitrogen and oxygen atoms in total. The molecule has 0 bridgehead atoms. The van der Waals surface area contributed by atoms with Crippen molar-refractivity contribution in [1.29, 1.82) is 0 Å². The SMILES string of the molecule is CC[C@@H](C)Nc1cnc2c(c1)c(NC(C)=O)c(C(=O)OC)n2C[C@@H]1CCCO1. The number of nitrogens with zero attached hydrogens (tertiary/aromatic N) is 2. The molecular weight excluding hydrogens is 360 g/mol. The number of amides is 1. The van der Waals surface area contributed by atoms with Crippen LogP contribution in [0, 0.1) is 0 Å². The van der Waals surface area contributed by atoms with Gasteiger partial charge in [0.05, 0.1) is 37.3 Å². The van der Waals surface area contributed by atoms with Gasteiger partial charge in [0, 0.05) is 25.0 Å². The number of ether oxygens (including phenoxy) is 2. The van der Waals surface area contributed by atoms with Crippen LogP contribution >= 0.6 is 0 Å². The number of carbonyl (C=O) groups excluding carboxylic acids is 2. The van der Waals surface area contributed by atoms with Crippen LogP contribution in [0.3, 0.4) is 0 Å². The highest BCUT2D eigenvalue weighted by Crippen LogP contribution is 2.34. The van der Waals surface area contributed by atoms with E-state index in [2.05, 4.69) is 29.5 Å². The molecule has 0 saturated carbocycles. The molecule has 0 aliphatic carbocycles. The van der Waals surface area contributed by atoms with Crippen LogP contribution < -0.4 is 10.6 Å². The first-order valence-electron chi connectivity index (χ1n) is 9.70. The average molecular weight is 388 g/mol. The second kappa shape index (κ2) is 8.60. The van der Waals surface area contributed by atoms with E-state index in [0.717, 1.165) is 24.9 Å². The third-order valence-electron chi connectivity index (χ3n) is 5.01. The monoisotopic (exact) mass is 388 g/mol. The summed E-state index contributed by atoms with van der Waals surface area (Å²) in [7, 11) is 1.33. The van der Waals surface area contributed by atoms with E-state index in [1.54, 1.807) is 10.8 Å². The summed E-state index contributed by atoms with van der Waals surface area (Å²) in [5.74, 6) is -0.780. The van der Waals surface area contributed by atoms with Gasteiger partial charge in [-0.05, 0) is 32.3 Å². The van der Waals surface area contributed by atoms with Crippen LogP contribution in [0.2, 0.25) is 0 Å². The molecule has 0 spiro atoms. The maximum atomic E-state index is 12.6. The Kier molecular flexibility index (Phi) is 6.18. The molecule has 3 rings (SSSR count). The summed E-state index contributed by atoms with van der Waals surface area (Å²) < 4.78 is 12.6. The molecule has 0 radical (unpaired) electrons. The van der Waals surface area contributed by atoms with Gasteiger partial charge in [-0.15, -0.1) is 0 Å². The van der Waals surface area contributed by atoms with Crippen molar-refractivity contribution in [1.82, 2.24) is 9.55 Å². The van der Waals surface area contributed by atoms with E-state index in [1.807, 2.05) is 6.07 Å². The molecule has 1 aliphatic heterocycles. The Bertz CT molecular complexity index is 871. The molecule has 8 heteroatoms. The molecular formula is C20H28N4O4. The molecule has 152 valence electrons. The number of aromatic nitrogens is 2. The van der Waals surface area contributed by atoms with E-state index in [9.17, 15) is 9.59 Å². The fourth-order valence-electron chi connectivity index (χ4n) is 3.47. The summed E-state index contributed by atoms with van der Waals surface area (Å²) in [6, 6.07) is 2.19. The largest absolute Gasteiger partial charge is 0.464 e. The highest BCUT2D eigenvalue weighted by Gasteiger charge is 2.28. The van der Waals surface area contributed by atoms with Gasteiger partial charge in [0.1, 0.15) is 5.65 Å². The van der Waals surface area contributed by atoms with Gasteiger partial charge in [0.15, 0.2) is 5.69 Å². The summed E-state index contributed by atoms with van der Waals surface area (Å²) >= 11 is 0. The van der Waals surface area contributed by atoms with Crippen LogP contribution in [0.4, 0.5) is 11.4 Å². The van der Waals surface area contributed by atoms with Crippen molar-refractivity contribution in [3.8, 4) is 0 Å². The maximum absolute atomic E-state index is 12.6. The number of methoxy groups -OCH3 is 1. The van der Waals surface area contributed by atoms with Crippen LogP contribution in [0.1, 0.15) is 50.5 Å². The Morgan fingerprint density at radius 1 is 1.46 bits per heavy atom. The van der Waals surface area contributed by atoms with Crippen LogP contribution in [-0.4, -0.2) is 47.3 Å². The Labute approximate surface area is 164 Å². The minimum atomic E-state index is -0.517. The molecule has 1 saturated heterocycles. The molecule has 1 aliphatic rings. The van der Waals surface area contributed by atoms with Gasteiger partial charge in [-0.1, -0.05) is 6.92 Å². The van der Waals surface area contributed by atoms with Gasteiger partial charge in [-0.25, -0.2) is 9.78 Å². The van der Waals surface area contributed by atoms with Crippen molar-refractivity contribution in [2.75, 3.05) is 24.4 Å². The van der Waals surface area contributed by atoms with E-state index < -0.39 is 5.97 Å². The van der Waals surface area contributed by atoms with Crippen LogP contribution in [0.15, 0.2) is 12.3 Å². The van der Waals surface area contributed by atoms with Crippen LogP contribution in [0.25, 0.3) is 11.0 Å². The first-order valence-corrected chi connectivity index (χ1v) is 9.70. The van der Waals surface area contributed by atoms with Crippen molar-refractivity contribution >= 4 is 34.3 Å². The first-order chi connectivity index (χ1) is 13.4. The van der Waals surface area contributed by atoms with Crippen molar-refractivity contribution in [2.24, 2.45) is 0 Å². The highest BCUT2D eigenvalue weighted by atomic mass is 16.5. The van der Waals surface area contributed by atoms with E-state index in [0.29, 0.717) is 29.9 Å². The van der Waals surface area contributed by atoms with Gasteiger partial charge in [-0.3, -0.25) is 4.79 Å². The zero-order chi connectivity index (χ0) is 20.3. The number of anilines is 2. The molecule has 1 amide bonds. The second-order valence-electron chi connectivity index (χ2n) is 7.19. The second-order valence-corrected chi connectivity index (χ2v) is 7.19. The Hall–Kier alpha value is -2.61. The van der Waals surface area contributed by atoms with Gasteiger partial charge >= 0.3 is 5.97 Å². The quantitative estimate of drug-likeness (QED) is 0.708. The first kappa shape index (κ1) is 20.1. The molecule has 3 heterocycles. The minimum absolute atomic E-state index is 0.00361. The van der Waals surface area contributed by atoms with Gasteiger partial charge in [0.25, 0.3) is 0 Å². The zero-order valence-corrected chi connectivity index (χ0v) is 16.9. The fourth-order valence-corrected chi connectivity index (χ4v) is 3.47. The maximum Gasteiger partial charge on any atom is 0.356 e. The lowest BCUT2D eigenvalue weighted by atomic mass is 10.2. The minimum Gasteiger partial charge on any atom is -0.464 e. The molecule has 0 aromatic carbocycles. The normalized spacial score (nSPS) is 17.5. The van der Waals surface area contributed by atoms with E-state index in [-0.39, 0.29) is 23.7 Å². The molecule has 28 heavy (non-hydrogen) atoms. The van der Waals surface area contributed by atoms with E-state index in [4.69, 9.17) is 9.47 Å². The summed E-state index contributed by atoms with van der Waals surface area (Å²) in [5, 5.41) is 6.88. The van der Waals surface area contributed by atoms with Gasteiger partial charge in [0.2, 0.25) is 5.91 Å². The average Bonchev–Trinajstić information content (AvgIpc) is 3.28. The fraction of sp³-hybridized carbons (Fsp3) is 0.550. The third-order valence-corrected chi connectivity index (χ3v) is 5.01. The standard InChI is InChI=1S/C20H28N4O4/c1-5-12(2)22-14-9-16-17(23-13(3)25)18(20(26)27-4)24(19(16)21-10-14)11-15-7-6-8-28-15/h9-10,12,15,22H,5-8,11H2,1-4H3,(H,23,25)/t12-,15+/m1/s1. The summed E-state index contributed by atoms with van der Waals surface area (Å²) in [6.45, 7) is 6.79. The van der Waals surface area contributed by atoms with Crippen molar-refractivity contribution in [2.45, 2.75) is 58.7 Å². The Balaban J connectivity index is 2.16.